The number of halogens is 1. The van der Waals surface area contributed by atoms with E-state index in [4.69, 9.17) is 16.3 Å². The van der Waals surface area contributed by atoms with E-state index in [2.05, 4.69) is 5.32 Å². The van der Waals surface area contributed by atoms with Crippen molar-refractivity contribution in [1.29, 1.82) is 0 Å². The first-order valence-corrected chi connectivity index (χ1v) is 14.6. The van der Waals surface area contributed by atoms with E-state index >= 15 is 0 Å². The first-order valence-electron chi connectivity index (χ1n) is 12.5. The molecular weight excluding hydrogens is 586 g/mol. The molecule has 0 spiro atoms. The van der Waals surface area contributed by atoms with Crippen LogP contribution < -0.4 is 19.8 Å². The number of aromatic nitrogens is 1. The van der Waals surface area contributed by atoms with E-state index in [0.29, 0.717) is 37.6 Å². The number of fused-ring (bicyclic) bond motifs is 2. The van der Waals surface area contributed by atoms with Gasteiger partial charge < -0.3 is 15.2 Å². The molecule has 12 heteroatoms. The van der Waals surface area contributed by atoms with E-state index in [1.165, 1.54) is 28.7 Å². The maximum atomic E-state index is 14.0. The van der Waals surface area contributed by atoms with Crippen molar-refractivity contribution in [3.8, 4) is 11.5 Å². The molecule has 3 atom stereocenters. The van der Waals surface area contributed by atoms with Crippen molar-refractivity contribution in [3.63, 3.8) is 0 Å². The van der Waals surface area contributed by atoms with Crippen LogP contribution in [0.3, 0.4) is 0 Å². The van der Waals surface area contributed by atoms with Crippen molar-refractivity contribution in [3.05, 3.63) is 97.9 Å². The Morgan fingerprint density at radius 3 is 2.41 bits per heavy atom. The zero-order valence-electron chi connectivity index (χ0n) is 21.4. The number of benzene rings is 3. The molecule has 0 radical (unpaired) electrons. The number of carbonyl (C=O) groups is 3. The van der Waals surface area contributed by atoms with Crippen molar-refractivity contribution in [2.75, 3.05) is 17.3 Å². The number of hydrogen-bond acceptors (Lipinski definition) is 8. The van der Waals surface area contributed by atoms with E-state index in [-0.39, 0.29) is 23.1 Å². The van der Waals surface area contributed by atoms with Crippen LogP contribution in [-0.4, -0.2) is 39.8 Å². The fraction of sp³-hybridized carbons (Fsp3) is 0.172. The molecule has 4 aromatic rings. The van der Waals surface area contributed by atoms with Crippen molar-refractivity contribution in [2.45, 2.75) is 22.7 Å². The van der Waals surface area contributed by atoms with E-state index < -0.39 is 28.9 Å². The van der Waals surface area contributed by atoms with Crippen molar-refractivity contribution < 1.29 is 24.2 Å². The molecule has 0 aliphatic carbocycles. The van der Waals surface area contributed by atoms with Gasteiger partial charge in [-0.1, -0.05) is 52.9 Å². The molecule has 6 rings (SSSR count). The van der Waals surface area contributed by atoms with Gasteiger partial charge in [0.05, 0.1) is 23.7 Å². The molecule has 0 saturated carbocycles. The van der Waals surface area contributed by atoms with E-state index in [9.17, 15) is 24.3 Å². The van der Waals surface area contributed by atoms with Crippen LogP contribution in [0.4, 0.5) is 11.4 Å². The standard InChI is InChI=1S/C29H22ClN3O6S2/c1-39-20-5-3-2-4-19(20)22-23-24(27(37)33(26(23)36)17-10-6-15(30)7-11-17)40-28-25(22)41-29(38)32(28)14-21(35)31-16-8-12-18(34)13-9-16/h2-13,22-24,34H,14H2,1H3,(H,31,35)/t22-,23?,24?/m1/s1. The number of imide groups is 1. The summed E-state index contributed by atoms with van der Waals surface area (Å²) in [5.74, 6) is -2.11. The van der Waals surface area contributed by atoms with Crippen LogP contribution in [0.5, 0.6) is 11.5 Å². The number of phenolic OH excluding ortho intramolecular Hbond substituents is 1. The van der Waals surface area contributed by atoms with E-state index in [1.807, 2.05) is 12.1 Å². The molecule has 2 aliphatic heterocycles. The number of amides is 3. The second-order valence-electron chi connectivity index (χ2n) is 9.49. The van der Waals surface area contributed by atoms with Gasteiger partial charge in [0.2, 0.25) is 17.7 Å². The van der Waals surface area contributed by atoms with Crippen LogP contribution in [0.1, 0.15) is 16.4 Å². The van der Waals surface area contributed by atoms with Gasteiger partial charge in [0.1, 0.15) is 23.3 Å². The summed E-state index contributed by atoms with van der Waals surface area (Å²) in [6, 6.07) is 19.7. The Morgan fingerprint density at radius 1 is 1.00 bits per heavy atom. The van der Waals surface area contributed by atoms with E-state index in [0.717, 1.165) is 23.1 Å². The number of nitrogens with zero attached hydrogens (tertiary/aromatic N) is 2. The number of carbonyl (C=O) groups excluding carboxylic acids is 3. The van der Waals surface area contributed by atoms with Gasteiger partial charge in [0, 0.05) is 27.1 Å². The Morgan fingerprint density at radius 2 is 1.71 bits per heavy atom. The molecule has 1 fully saturated rings. The molecule has 41 heavy (non-hydrogen) atoms. The molecule has 9 nitrogen and oxygen atoms in total. The minimum Gasteiger partial charge on any atom is -0.508 e. The van der Waals surface area contributed by atoms with Gasteiger partial charge in [-0.05, 0) is 54.6 Å². The smallest absolute Gasteiger partial charge is 0.308 e. The summed E-state index contributed by atoms with van der Waals surface area (Å²) < 4.78 is 6.98. The Balaban J connectivity index is 1.43. The quantitative estimate of drug-likeness (QED) is 0.241. The number of anilines is 2. The Kier molecular flexibility index (Phi) is 7.10. The average Bonchev–Trinajstić information content (AvgIpc) is 3.41. The molecule has 3 amide bonds. The van der Waals surface area contributed by atoms with Gasteiger partial charge in [-0.25, -0.2) is 4.90 Å². The lowest BCUT2D eigenvalue weighted by molar-refractivity contribution is -0.122. The van der Waals surface area contributed by atoms with Crippen LogP contribution in [0.15, 0.2) is 82.6 Å². The molecule has 3 heterocycles. The van der Waals surface area contributed by atoms with Crippen LogP contribution in [0, 0.1) is 5.92 Å². The number of ether oxygens (including phenoxy) is 1. The number of methoxy groups -OCH3 is 1. The fourth-order valence-corrected chi connectivity index (χ4v) is 8.14. The van der Waals surface area contributed by atoms with Crippen molar-refractivity contribution in [2.24, 2.45) is 5.92 Å². The summed E-state index contributed by atoms with van der Waals surface area (Å²) in [5, 5.41) is 12.3. The predicted molar refractivity (Wildman–Crippen MR) is 157 cm³/mol. The first kappa shape index (κ1) is 27.1. The first-order chi connectivity index (χ1) is 19.8. The van der Waals surface area contributed by atoms with Gasteiger partial charge in [-0.15, -0.1) is 0 Å². The molecule has 2 N–H and O–H groups in total. The molecule has 2 aliphatic rings. The summed E-state index contributed by atoms with van der Waals surface area (Å²) in [5.41, 5.74) is 1.54. The number of nitrogens with one attached hydrogen (secondary N) is 1. The zero-order chi connectivity index (χ0) is 28.8. The third kappa shape index (κ3) is 4.79. The number of aromatic hydroxyl groups is 1. The number of hydrogen-bond donors (Lipinski definition) is 2. The SMILES string of the molecule is COc1ccccc1[C@H]1c2sc(=O)n(CC(=O)Nc3ccc(O)cc3)c2SC2C(=O)N(c3ccc(Cl)cc3)C(=O)C21. The highest BCUT2D eigenvalue weighted by atomic mass is 35.5. The minimum atomic E-state index is -0.832. The Labute approximate surface area is 247 Å². The lowest BCUT2D eigenvalue weighted by Crippen LogP contribution is -2.33. The molecule has 1 aromatic heterocycles. The number of rotatable bonds is 6. The average molecular weight is 608 g/mol. The highest BCUT2D eigenvalue weighted by Gasteiger charge is 2.57. The lowest BCUT2D eigenvalue weighted by Gasteiger charge is -2.31. The zero-order valence-corrected chi connectivity index (χ0v) is 23.8. The summed E-state index contributed by atoms with van der Waals surface area (Å²) in [6.45, 7) is -0.294. The van der Waals surface area contributed by atoms with Gasteiger partial charge >= 0.3 is 4.87 Å². The summed E-state index contributed by atoms with van der Waals surface area (Å²) in [7, 11) is 1.53. The normalized spacial score (nSPS) is 19.6. The minimum absolute atomic E-state index is 0.0582. The molecule has 1 saturated heterocycles. The summed E-state index contributed by atoms with van der Waals surface area (Å²) >= 11 is 8.14. The largest absolute Gasteiger partial charge is 0.508 e. The second-order valence-corrected chi connectivity index (χ2v) is 12.1. The lowest BCUT2D eigenvalue weighted by atomic mass is 9.82. The van der Waals surface area contributed by atoms with Gasteiger partial charge in [-0.3, -0.25) is 23.7 Å². The van der Waals surface area contributed by atoms with Crippen LogP contribution in [0.25, 0.3) is 0 Å². The second kappa shape index (κ2) is 10.7. The summed E-state index contributed by atoms with van der Waals surface area (Å²) in [4.78, 5) is 55.5. The number of thioether (sulfide) groups is 1. The van der Waals surface area contributed by atoms with Gasteiger partial charge in [-0.2, -0.15) is 0 Å². The highest BCUT2D eigenvalue weighted by Crippen LogP contribution is 2.55. The van der Waals surface area contributed by atoms with Crippen LogP contribution in [-0.2, 0) is 20.9 Å². The van der Waals surface area contributed by atoms with Crippen molar-refractivity contribution in [1.82, 2.24) is 4.57 Å². The number of phenols is 1. The highest BCUT2D eigenvalue weighted by molar-refractivity contribution is 8.00. The third-order valence-electron chi connectivity index (χ3n) is 7.06. The predicted octanol–water partition coefficient (Wildman–Crippen LogP) is 4.71. The topological polar surface area (TPSA) is 118 Å². The van der Waals surface area contributed by atoms with E-state index in [1.54, 1.807) is 48.5 Å². The molecule has 3 aromatic carbocycles. The summed E-state index contributed by atoms with van der Waals surface area (Å²) in [6.07, 6.45) is 0. The Bertz CT molecular complexity index is 1730. The number of para-hydroxylation sites is 1. The molecular formula is C29H22ClN3O6S2. The Hall–Kier alpha value is -4.06. The van der Waals surface area contributed by atoms with Crippen LogP contribution in [0.2, 0.25) is 5.02 Å². The third-order valence-corrected chi connectivity index (χ3v) is 9.92. The molecule has 2 unspecified atom stereocenters. The van der Waals surface area contributed by atoms with Gasteiger partial charge in [0.25, 0.3) is 0 Å². The van der Waals surface area contributed by atoms with Crippen molar-refractivity contribution >= 4 is 63.8 Å². The molecule has 208 valence electrons. The fourth-order valence-electron chi connectivity index (χ4n) is 5.25. The van der Waals surface area contributed by atoms with Crippen LogP contribution >= 0.6 is 34.7 Å². The monoisotopic (exact) mass is 607 g/mol. The van der Waals surface area contributed by atoms with Gasteiger partial charge in [0.15, 0.2) is 0 Å². The maximum Gasteiger partial charge on any atom is 0.308 e. The maximum absolute atomic E-state index is 14.0. The molecule has 0 bridgehead atoms. The number of thiazole rings is 1.